The van der Waals surface area contributed by atoms with Gasteiger partial charge in [0.15, 0.2) is 5.13 Å². The number of anilines is 1. The molecule has 3 amide bonds. The molecule has 1 aliphatic heterocycles. The molecule has 0 fully saturated rings. The fourth-order valence-corrected chi connectivity index (χ4v) is 4.56. The number of hydrogen-bond acceptors (Lipinski definition) is 5. The van der Waals surface area contributed by atoms with Gasteiger partial charge in [0.05, 0.1) is 27.9 Å². The molecule has 0 aliphatic carbocycles. The van der Waals surface area contributed by atoms with Gasteiger partial charge in [-0.1, -0.05) is 47.7 Å². The topological polar surface area (TPSA) is 79.4 Å². The largest absolute Gasteiger partial charge is 0.298 e. The van der Waals surface area contributed by atoms with Gasteiger partial charge in [-0.05, 0) is 48.4 Å². The van der Waals surface area contributed by atoms with Gasteiger partial charge in [-0.15, -0.1) is 0 Å². The lowest BCUT2D eigenvalue weighted by molar-refractivity contribution is 0.0642. The Hall–Kier alpha value is -3.84. The fourth-order valence-electron chi connectivity index (χ4n) is 3.60. The minimum absolute atomic E-state index is 0.194. The number of carbonyl (C=O) groups excluding carboxylic acids is 3. The average Bonchev–Trinajstić information content (AvgIpc) is 3.27. The first-order valence-corrected chi connectivity index (χ1v) is 10.5. The SMILES string of the molecule is Cc1ccc2nc(NC(=O)c3ccc4c(c3)C(=O)N(Cc3ccccc3)C4=O)sc2c1. The minimum atomic E-state index is -0.394. The summed E-state index contributed by atoms with van der Waals surface area (Å²) in [6.07, 6.45) is 0. The first-order chi connectivity index (χ1) is 15.0. The van der Waals surface area contributed by atoms with Crippen molar-refractivity contribution < 1.29 is 14.4 Å². The van der Waals surface area contributed by atoms with Gasteiger partial charge in [0.2, 0.25) is 0 Å². The summed E-state index contributed by atoms with van der Waals surface area (Å²) in [5, 5.41) is 3.28. The van der Waals surface area contributed by atoms with Crippen molar-refractivity contribution in [2.45, 2.75) is 13.5 Å². The molecule has 2 heterocycles. The fraction of sp³-hybridized carbons (Fsp3) is 0.0833. The van der Waals surface area contributed by atoms with Crippen LogP contribution in [0.2, 0.25) is 0 Å². The van der Waals surface area contributed by atoms with E-state index in [0.29, 0.717) is 16.3 Å². The van der Waals surface area contributed by atoms with E-state index in [1.807, 2.05) is 55.5 Å². The molecular formula is C24H17N3O3S. The third-order valence-electron chi connectivity index (χ3n) is 5.18. The molecule has 0 spiro atoms. The normalized spacial score (nSPS) is 13.0. The third kappa shape index (κ3) is 3.49. The van der Waals surface area contributed by atoms with Crippen molar-refractivity contribution in [2.75, 3.05) is 5.32 Å². The Bertz CT molecular complexity index is 1360. The van der Waals surface area contributed by atoms with Crippen LogP contribution in [0.3, 0.4) is 0 Å². The first-order valence-electron chi connectivity index (χ1n) is 9.72. The van der Waals surface area contributed by atoms with Crippen molar-refractivity contribution in [2.24, 2.45) is 0 Å². The Morgan fingerprint density at radius 1 is 0.968 bits per heavy atom. The molecule has 6 nitrogen and oxygen atoms in total. The van der Waals surface area contributed by atoms with E-state index in [1.165, 1.54) is 28.4 Å². The Balaban J connectivity index is 1.38. The standard InChI is InChI=1S/C24H17N3O3S/c1-14-7-10-19-20(11-14)31-24(25-19)26-21(28)16-8-9-17-18(12-16)23(30)27(22(17)29)13-15-5-3-2-4-6-15/h2-12H,13H2,1H3,(H,25,26,28). The van der Waals surface area contributed by atoms with Crippen molar-refractivity contribution in [3.8, 4) is 0 Å². The lowest BCUT2D eigenvalue weighted by atomic mass is 10.1. The van der Waals surface area contributed by atoms with E-state index in [4.69, 9.17) is 0 Å². The molecule has 0 saturated heterocycles. The summed E-state index contributed by atoms with van der Waals surface area (Å²) in [4.78, 5) is 44.0. The molecule has 4 aromatic rings. The lowest BCUT2D eigenvalue weighted by Gasteiger charge is -2.13. The maximum Gasteiger partial charge on any atom is 0.261 e. The average molecular weight is 427 g/mol. The van der Waals surface area contributed by atoms with Crippen molar-refractivity contribution in [3.05, 3.63) is 94.5 Å². The van der Waals surface area contributed by atoms with Crippen LogP contribution in [0.4, 0.5) is 5.13 Å². The summed E-state index contributed by atoms with van der Waals surface area (Å²) >= 11 is 1.39. The Morgan fingerprint density at radius 2 is 1.74 bits per heavy atom. The predicted octanol–water partition coefficient (Wildman–Crippen LogP) is 4.65. The zero-order valence-electron chi connectivity index (χ0n) is 16.6. The molecule has 0 saturated carbocycles. The first kappa shape index (κ1) is 19.1. The minimum Gasteiger partial charge on any atom is -0.298 e. The van der Waals surface area contributed by atoms with Crippen LogP contribution in [0.1, 0.15) is 42.2 Å². The lowest BCUT2D eigenvalue weighted by Crippen LogP contribution is -2.29. The van der Waals surface area contributed by atoms with Crippen LogP contribution >= 0.6 is 11.3 Å². The third-order valence-corrected chi connectivity index (χ3v) is 6.11. The number of thiazole rings is 1. The zero-order chi connectivity index (χ0) is 21.5. The molecule has 1 N–H and O–H groups in total. The number of rotatable bonds is 4. The van der Waals surface area contributed by atoms with Gasteiger partial charge in [0.25, 0.3) is 17.7 Å². The van der Waals surface area contributed by atoms with Crippen LogP contribution in [-0.4, -0.2) is 27.6 Å². The molecule has 0 radical (unpaired) electrons. The van der Waals surface area contributed by atoms with E-state index in [1.54, 1.807) is 6.07 Å². The summed E-state index contributed by atoms with van der Waals surface area (Å²) in [6, 6.07) is 19.8. The summed E-state index contributed by atoms with van der Waals surface area (Å²) in [5.41, 5.74) is 3.66. The molecule has 0 unspecified atom stereocenters. The number of carbonyl (C=O) groups is 3. The molecule has 152 valence electrons. The summed E-state index contributed by atoms with van der Waals surface area (Å²) in [6.45, 7) is 2.20. The highest BCUT2D eigenvalue weighted by Gasteiger charge is 2.36. The molecule has 7 heteroatoms. The maximum atomic E-state index is 12.9. The second-order valence-electron chi connectivity index (χ2n) is 7.39. The Labute approximate surface area is 182 Å². The second-order valence-corrected chi connectivity index (χ2v) is 8.42. The molecule has 0 atom stereocenters. The highest BCUT2D eigenvalue weighted by atomic mass is 32.1. The van der Waals surface area contributed by atoms with Gasteiger partial charge in [-0.25, -0.2) is 4.98 Å². The summed E-state index contributed by atoms with van der Waals surface area (Å²) in [5.74, 6) is -1.12. The van der Waals surface area contributed by atoms with Crippen LogP contribution in [0.15, 0.2) is 66.7 Å². The Kier molecular flexibility index (Phi) is 4.60. The summed E-state index contributed by atoms with van der Waals surface area (Å²) in [7, 11) is 0. The van der Waals surface area contributed by atoms with Gasteiger partial charge in [0, 0.05) is 5.56 Å². The molecular weight excluding hydrogens is 410 g/mol. The predicted molar refractivity (Wildman–Crippen MR) is 119 cm³/mol. The van der Waals surface area contributed by atoms with Crippen molar-refractivity contribution >= 4 is 44.4 Å². The van der Waals surface area contributed by atoms with Gasteiger partial charge in [-0.3, -0.25) is 24.6 Å². The highest BCUT2D eigenvalue weighted by molar-refractivity contribution is 7.22. The van der Waals surface area contributed by atoms with Crippen LogP contribution in [0.25, 0.3) is 10.2 Å². The van der Waals surface area contributed by atoms with E-state index in [9.17, 15) is 14.4 Å². The van der Waals surface area contributed by atoms with E-state index in [-0.39, 0.29) is 23.9 Å². The second kappa shape index (κ2) is 7.45. The number of benzene rings is 3. The van der Waals surface area contributed by atoms with Crippen LogP contribution in [-0.2, 0) is 6.54 Å². The molecule has 1 aliphatic rings. The molecule has 1 aromatic heterocycles. The smallest absolute Gasteiger partial charge is 0.261 e. The monoisotopic (exact) mass is 427 g/mol. The van der Waals surface area contributed by atoms with E-state index < -0.39 is 5.91 Å². The zero-order valence-corrected chi connectivity index (χ0v) is 17.4. The number of aromatic nitrogens is 1. The molecule has 0 bridgehead atoms. The van der Waals surface area contributed by atoms with Crippen molar-refractivity contribution in [1.29, 1.82) is 0 Å². The quantitative estimate of drug-likeness (QED) is 0.481. The number of hydrogen-bond donors (Lipinski definition) is 1. The number of nitrogens with zero attached hydrogens (tertiary/aromatic N) is 2. The van der Waals surface area contributed by atoms with Gasteiger partial charge in [0.1, 0.15) is 0 Å². The van der Waals surface area contributed by atoms with Gasteiger partial charge in [-0.2, -0.15) is 0 Å². The van der Waals surface area contributed by atoms with E-state index in [0.717, 1.165) is 21.3 Å². The number of imide groups is 1. The molecule has 31 heavy (non-hydrogen) atoms. The number of fused-ring (bicyclic) bond motifs is 2. The van der Waals surface area contributed by atoms with Crippen molar-refractivity contribution in [1.82, 2.24) is 9.88 Å². The van der Waals surface area contributed by atoms with Crippen LogP contribution in [0.5, 0.6) is 0 Å². The number of amides is 3. The maximum absolute atomic E-state index is 12.9. The van der Waals surface area contributed by atoms with Gasteiger partial charge < -0.3 is 0 Å². The highest BCUT2D eigenvalue weighted by Crippen LogP contribution is 2.28. The van der Waals surface area contributed by atoms with Gasteiger partial charge >= 0.3 is 0 Å². The molecule has 5 rings (SSSR count). The molecule has 3 aromatic carbocycles. The van der Waals surface area contributed by atoms with E-state index in [2.05, 4.69) is 10.3 Å². The van der Waals surface area contributed by atoms with Crippen LogP contribution < -0.4 is 5.32 Å². The van der Waals surface area contributed by atoms with Crippen LogP contribution in [0, 0.1) is 6.92 Å². The van der Waals surface area contributed by atoms with Crippen molar-refractivity contribution in [3.63, 3.8) is 0 Å². The summed E-state index contributed by atoms with van der Waals surface area (Å²) < 4.78 is 0.988. The number of aryl methyl sites for hydroxylation is 1. The van der Waals surface area contributed by atoms with E-state index >= 15 is 0 Å². The Morgan fingerprint density at radius 3 is 2.55 bits per heavy atom. The number of nitrogens with one attached hydrogen (secondary N) is 1.